The summed E-state index contributed by atoms with van der Waals surface area (Å²) in [6.07, 6.45) is 0.968. The van der Waals surface area contributed by atoms with Gasteiger partial charge in [0, 0.05) is 19.1 Å². The average molecular weight is 273 g/mol. The molecule has 0 radical (unpaired) electrons. The first-order valence-electron chi connectivity index (χ1n) is 6.04. The van der Waals surface area contributed by atoms with Crippen molar-refractivity contribution in [3.63, 3.8) is 0 Å². The minimum absolute atomic E-state index is 0.0781. The number of likely N-dealkylation sites (tertiary alicyclic amines) is 1. The van der Waals surface area contributed by atoms with Gasteiger partial charge < -0.3 is 25.8 Å². The third-order valence-corrected chi connectivity index (χ3v) is 3.02. The lowest BCUT2D eigenvalue weighted by Gasteiger charge is -2.31. The summed E-state index contributed by atoms with van der Waals surface area (Å²) in [5, 5.41) is 11.3. The van der Waals surface area contributed by atoms with Crippen LogP contribution in [0.1, 0.15) is 19.3 Å². The number of carboxylic acid groups (broad SMARTS) is 1. The summed E-state index contributed by atoms with van der Waals surface area (Å²) in [4.78, 5) is 35.4. The van der Waals surface area contributed by atoms with Crippen molar-refractivity contribution in [2.24, 2.45) is 5.73 Å². The highest BCUT2D eigenvalue weighted by Gasteiger charge is 2.27. The molecule has 2 amide bonds. The molecule has 8 heteroatoms. The van der Waals surface area contributed by atoms with Crippen molar-refractivity contribution in [2.75, 3.05) is 20.2 Å². The van der Waals surface area contributed by atoms with Crippen molar-refractivity contribution >= 4 is 18.0 Å². The first kappa shape index (κ1) is 15.2. The molecular formula is C11H19N3O5. The standard InChI is InChI=1S/C11H19N3O5/c1-19-9(15)6-8(10(16)17)13-11(18)14-4-2-7(12)3-5-14/h7-8H,2-6,12H2,1H3,(H,13,18)(H,16,17)/t8-/m0/s1. The van der Waals surface area contributed by atoms with Gasteiger partial charge in [-0.3, -0.25) is 4.79 Å². The van der Waals surface area contributed by atoms with Crippen molar-refractivity contribution in [1.82, 2.24) is 10.2 Å². The lowest BCUT2D eigenvalue weighted by molar-refractivity contribution is -0.147. The number of carbonyl (C=O) groups is 3. The van der Waals surface area contributed by atoms with Crippen molar-refractivity contribution in [2.45, 2.75) is 31.3 Å². The molecule has 0 aliphatic carbocycles. The number of ether oxygens (including phenoxy) is 1. The fourth-order valence-electron chi connectivity index (χ4n) is 1.79. The molecule has 1 fully saturated rings. The fourth-order valence-corrected chi connectivity index (χ4v) is 1.79. The lowest BCUT2D eigenvalue weighted by atomic mass is 10.1. The van der Waals surface area contributed by atoms with Crippen LogP contribution in [0.5, 0.6) is 0 Å². The van der Waals surface area contributed by atoms with E-state index in [0.29, 0.717) is 25.9 Å². The molecule has 8 nitrogen and oxygen atoms in total. The van der Waals surface area contributed by atoms with Crippen LogP contribution in [0.25, 0.3) is 0 Å². The van der Waals surface area contributed by atoms with Gasteiger partial charge in [-0.25, -0.2) is 9.59 Å². The van der Waals surface area contributed by atoms with Gasteiger partial charge >= 0.3 is 18.0 Å². The average Bonchev–Trinajstić information content (AvgIpc) is 2.38. The molecular weight excluding hydrogens is 254 g/mol. The maximum atomic E-state index is 11.8. The van der Waals surface area contributed by atoms with Gasteiger partial charge in [0.2, 0.25) is 0 Å². The normalized spacial score (nSPS) is 17.7. The molecule has 1 atom stereocenters. The van der Waals surface area contributed by atoms with Crippen molar-refractivity contribution < 1.29 is 24.2 Å². The number of nitrogens with one attached hydrogen (secondary N) is 1. The van der Waals surface area contributed by atoms with Crippen molar-refractivity contribution in [3.8, 4) is 0 Å². The smallest absolute Gasteiger partial charge is 0.326 e. The Morgan fingerprint density at radius 1 is 1.42 bits per heavy atom. The molecule has 1 aliphatic rings. The second kappa shape index (κ2) is 6.93. The first-order valence-corrected chi connectivity index (χ1v) is 6.04. The maximum absolute atomic E-state index is 11.8. The highest BCUT2D eigenvalue weighted by Crippen LogP contribution is 2.08. The van der Waals surface area contributed by atoms with E-state index in [9.17, 15) is 14.4 Å². The summed E-state index contributed by atoms with van der Waals surface area (Å²) < 4.78 is 4.39. The summed E-state index contributed by atoms with van der Waals surface area (Å²) >= 11 is 0. The topological polar surface area (TPSA) is 122 Å². The largest absolute Gasteiger partial charge is 0.480 e. The van der Waals surface area contributed by atoms with Crippen molar-refractivity contribution in [1.29, 1.82) is 0 Å². The molecule has 0 saturated carbocycles. The van der Waals surface area contributed by atoms with Gasteiger partial charge in [-0.05, 0) is 12.8 Å². The second-order valence-electron chi connectivity index (χ2n) is 4.45. The van der Waals surface area contributed by atoms with E-state index in [1.54, 1.807) is 0 Å². The van der Waals surface area contributed by atoms with Crippen LogP contribution in [0.3, 0.4) is 0 Å². The van der Waals surface area contributed by atoms with Crippen LogP contribution >= 0.6 is 0 Å². The second-order valence-corrected chi connectivity index (χ2v) is 4.45. The van der Waals surface area contributed by atoms with Gasteiger partial charge in [0.1, 0.15) is 6.04 Å². The number of hydrogen-bond donors (Lipinski definition) is 3. The molecule has 0 aromatic carbocycles. The number of hydrogen-bond acceptors (Lipinski definition) is 5. The molecule has 19 heavy (non-hydrogen) atoms. The lowest BCUT2D eigenvalue weighted by Crippen LogP contribution is -2.52. The molecule has 0 aromatic rings. The van der Waals surface area contributed by atoms with Gasteiger partial charge in [-0.15, -0.1) is 0 Å². The van der Waals surface area contributed by atoms with Crippen LogP contribution < -0.4 is 11.1 Å². The van der Waals surface area contributed by atoms with Gasteiger partial charge in [0.05, 0.1) is 13.5 Å². The monoisotopic (exact) mass is 273 g/mol. The number of methoxy groups -OCH3 is 1. The zero-order valence-corrected chi connectivity index (χ0v) is 10.8. The first-order chi connectivity index (χ1) is 8.93. The minimum Gasteiger partial charge on any atom is -0.480 e. The minimum atomic E-state index is -1.28. The van der Waals surface area contributed by atoms with Crippen LogP contribution in [0, 0.1) is 0 Å². The van der Waals surface area contributed by atoms with Crippen LogP contribution in [-0.2, 0) is 14.3 Å². The highest BCUT2D eigenvalue weighted by atomic mass is 16.5. The van der Waals surface area contributed by atoms with Gasteiger partial charge in [0.15, 0.2) is 0 Å². The Hall–Kier alpha value is -1.83. The summed E-state index contributed by atoms with van der Waals surface area (Å²) in [6, 6.07) is -1.70. The van der Waals surface area contributed by atoms with E-state index in [1.807, 2.05) is 0 Å². The zero-order chi connectivity index (χ0) is 14.4. The molecule has 0 aromatic heterocycles. The predicted octanol–water partition coefficient (Wildman–Crippen LogP) is -0.865. The SMILES string of the molecule is COC(=O)C[C@H](NC(=O)N1CCC(N)CC1)C(=O)O. The van der Waals surface area contributed by atoms with E-state index in [2.05, 4.69) is 10.1 Å². The summed E-state index contributed by atoms with van der Waals surface area (Å²) in [7, 11) is 1.16. The number of amides is 2. The third kappa shape index (κ3) is 4.74. The van der Waals surface area contributed by atoms with E-state index >= 15 is 0 Å². The Bertz CT molecular complexity index is 352. The van der Waals surface area contributed by atoms with Gasteiger partial charge in [-0.2, -0.15) is 0 Å². The van der Waals surface area contributed by atoms with Crippen LogP contribution in [0.4, 0.5) is 4.79 Å². The van der Waals surface area contributed by atoms with E-state index in [4.69, 9.17) is 10.8 Å². The Balaban J connectivity index is 2.51. The predicted molar refractivity (Wildman–Crippen MR) is 65.4 cm³/mol. The highest BCUT2D eigenvalue weighted by molar-refractivity contribution is 5.86. The van der Waals surface area contributed by atoms with Crippen LogP contribution in [0.2, 0.25) is 0 Å². The third-order valence-electron chi connectivity index (χ3n) is 3.02. The fraction of sp³-hybridized carbons (Fsp3) is 0.727. The van der Waals surface area contributed by atoms with E-state index in [0.717, 1.165) is 7.11 Å². The molecule has 0 spiro atoms. The number of nitrogens with two attached hydrogens (primary N) is 1. The number of aliphatic carboxylic acids is 1. The molecule has 1 aliphatic heterocycles. The van der Waals surface area contributed by atoms with E-state index < -0.39 is 30.4 Å². The number of rotatable bonds is 4. The van der Waals surface area contributed by atoms with E-state index in [1.165, 1.54) is 4.90 Å². The Labute approximate surface area is 110 Å². The Morgan fingerprint density at radius 2 is 2.00 bits per heavy atom. The maximum Gasteiger partial charge on any atom is 0.326 e. The van der Waals surface area contributed by atoms with Crippen molar-refractivity contribution in [3.05, 3.63) is 0 Å². The number of piperidine rings is 1. The zero-order valence-electron chi connectivity index (χ0n) is 10.8. The Morgan fingerprint density at radius 3 is 2.47 bits per heavy atom. The summed E-state index contributed by atoms with van der Waals surface area (Å²) in [6.45, 7) is 0.967. The van der Waals surface area contributed by atoms with E-state index in [-0.39, 0.29) is 6.04 Å². The summed E-state index contributed by atoms with van der Waals surface area (Å²) in [5.41, 5.74) is 5.72. The number of esters is 1. The molecule has 0 unspecified atom stereocenters. The number of carbonyl (C=O) groups excluding carboxylic acids is 2. The molecule has 4 N–H and O–H groups in total. The van der Waals surface area contributed by atoms with Crippen LogP contribution in [-0.4, -0.2) is 60.3 Å². The molecule has 0 bridgehead atoms. The number of urea groups is 1. The quantitative estimate of drug-likeness (QED) is 0.573. The van der Waals surface area contributed by atoms with Gasteiger partial charge in [-0.1, -0.05) is 0 Å². The number of nitrogens with zero attached hydrogens (tertiary/aromatic N) is 1. The Kier molecular flexibility index (Phi) is 5.56. The molecule has 1 heterocycles. The van der Waals surface area contributed by atoms with Gasteiger partial charge in [0.25, 0.3) is 0 Å². The molecule has 108 valence electrons. The summed E-state index contributed by atoms with van der Waals surface area (Å²) in [5.74, 6) is -1.96. The van der Waals surface area contributed by atoms with Crippen LogP contribution in [0.15, 0.2) is 0 Å². The molecule has 1 saturated heterocycles. The molecule has 1 rings (SSSR count). The number of carboxylic acids is 1.